The van der Waals surface area contributed by atoms with Crippen LogP contribution in [0.4, 0.5) is 13.2 Å². The van der Waals surface area contributed by atoms with Gasteiger partial charge in [0.2, 0.25) is 0 Å². The third-order valence-corrected chi connectivity index (χ3v) is 3.71. The fourth-order valence-corrected chi connectivity index (χ4v) is 2.50. The number of guanidine groups is 1. The predicted molar refractivity (Wildman–Crippen MR) is 106 cm³/mol. The Morgan fingerprint density at radius 3 is 2.64 bits per heavy atom. The summed E-state index contributed by atoms with van der Waals surface area (Å²) in [6, 6.07) is -0.00740. The molecule has 1 fully saturated rings. The van der Waals surface area contributed by atoms with E-state index in [0.29, 0.717) is 51.1 Å². The largest absolute Gasteiger partial charge is 0.401 e. The molecule has 1 aliphatic heterocycles. The molecular formula is C16H32F3IN4O. The molecule has 1 heterocycles. The van der Waals surface area contributed by atoms with Gasteiger partial charge in [-0.25, -0.2) is 0 Å². The molecule has 0 aromatic heterocycles. The molecule has 1 unspecified atom stereocenters. The number of hydrogen-bond donors (Lipinski definition) is 2. The van der Waals surface area contributed by atoms with Crippen LogP contribution in [-0.2, 0) is 4.74 Å². The summed E-state index contributed by atoms with van der Waals surface area (Å²) < 4.78 is 42.8. The van der Waals surface area contributed by atoms with Crippen molar-refractivity contribution in [1.82, 2.24) is 15.5 Å². The van der Waals surface area contributed by atoms with E-state index in [1.165, 1.54) is 4.90 Å². The Bertz CT molecular complexity index is 381. The van der Waals surface area contributed by atoms with E-state index in [1.54, 1.807) is 0 Å². The maximum atomic E-state index is 12.4. The number of alkyl halides is 3. The van der Waals surface area contributed by atoms with Gasteiger partial charge in [-0.3, -0.25) is 9.89 Å². The second-order valence-corrected chi connectivity index (χ2v) is 6.54. The van der Waals surface area contributed by atoms with Crippen LogP contribution >= 0.6 is 24.0 Å². The summed E-state index contributed by atoms with van der Waals surface area (Å²) in [5, 5.41) is 6.34. The molecular weight excluding hydrogens is 448 g/mol. The van der Waals surface area contributed by atoms with E-state index in [-0.39, 0.29) is 30.0 Å². The van der Waals surface area contributed by atoms with Crippen LogP contribution in [0.1, 0.15) is 33.6 Å². The summed E-state index contributed by atoms with van der Waals surface area (Å²) >= 11 is 0. The van der Waals surface area contributed by atoms with E-state index in [2.05, 4.69) is 29.5 Å². The van der Waals surface area contributed by atoms with Gasteiger partial charge in [-0.05, 0) is 25.7 Å². The van der Waals surface area contributed by atoms with Gasteiger partial charge >= 0.3 is 6.18 Å². The number of rotatable bonds is 9. The van der Waals surface area contributed by atoms with E-state index in [9.17, 15) is 13.2 Å². The zero-order chi connectivity index (χ0) is 18.0. The lowest BCUT2D eigenvalue weighted by atomic mass is 10.1. The Kier molecular flexibility index (Phi) is 12.8. The molecule has 1 rings (SSSR count). The zero-order valence-electron chi connectivity index (χ0n) is 15.4. The highest BCUT2D eigenvalue weighted by atomic mass is 127. The fraction of sp³-hybridized carbons (Fsp3) is 0.938. The number of ether oxygens (including phenoxy) is 1. The van der Waals surface area contributed by atoms with Gasteiger partial charge in [0.15, 0.2) is 5.96 Å². The molecule has 0 aromatic rings. The highest BCUT2D eigenvalue weighted by Crippen LogP contribution is 2.19. The van der Waals surface area contributed by atoms with Crippen molar-refractivity contribution in [2.75, 3.05) is 45.9 Å². The summed E-state index contributed by atoms with van der Waals surface area (Å²) in [5.41, 5.74) is 0. The van der Waals surface area contributed by atoms with Crippen molar-refractivity contribution in [1.29, 1.82) is 0 Å². The summed E-state index contributed by atoms with van der Waals surface area (Å²) in [6.07, 6.45) is -2.43. The lowest BCUT2D eigenvalue weighted by Crippen LogP contribution is -2.45. The standard InChI is InChI=1S/C16H31F3N4O.HI/c1-4-20-15(21-7-10-24-9-6-13(2)3)22-14-5-8-23(11-14)12-16(17,18)19;/h13-14H,4-12H2,1-3H3,(H2,20,21,22);1H. The fourth-order valence-electron chi connectivity index (χ4n) is 2.50. The highest BCUT2D eigenvalue weighted by Gasteiger charge is 2.34. The number of halogens is 4. The van der Waals surface area contributed by atoms with Crippen molar-refractivity contribution < 1.29 is 17.9 Å². The first kappa shape index (κ1) is 24.7. The molecule has 1 saturated heterocycles. The topological polar surface area (TPSA) is 48.9 Å². The van der Waals surface area contributed by atoms with Gasteiger partial charge in [0, 0.05) is 32.3 Å². The van der Waals surface area contributed by atoms with Crippen LogP contribution in [0.2, 0.25) is 0 Å². The van der Waals surface area contributed by atoms with E-state index < -0.39 is 12.7 Å². The SMILES string of the molecule is CCNC(=NCCOCCC(C)C)NC1CCN(CC(F)(F)F)C1.I. The molecule has 1 atom stereocenters. The van der Waals surface area contributed by atoms with E-state index in [0.717, 1.165) is 13.0 Å². The zero-order valence-corrected chi connectivity index (χ0v) is 17.7. The Labute approximate surface area is 166 Å². The van der Waals surface area contributed by atoms with Crippen LogP contribution < -0.4 is 10.6 Å². The monoisotopic (exact) mass is 480 g/mol. The molecule has 0 aliphatic carbocycles. The molecule has 0 spiro atoms. The second kappa shape index (κ2) is 13.0. The van der Waals surface area contributed by atoms with Crippen molar-refractivity contribution >= 4 is 29.9 Å². The number of nitrogens with one attached hydrogen (secondary N) is 2. The Hall–Kier alpha value is -0.290. The van der Waals surface area contributed by atoms with E-state index >= 15 is 0 Å². The second-order valence-electron chi connectivity index (χ2n) is 6.54. The first-order valence-corrected chi connectivity index (χ1v) is 8.72. The first-order valence-electron chi connectivity index (χ1n) is 8.72. The minimum atomic E-state index is -4.14. The van der Waals surface area contributed by atoms with Crippen LogP contribution in [0.5, 0.6) is 0 Å². The van der Waals surface area contributed by atoms with E-state index in [4.69, 9.17) is 4.74 Å². The van der Waals surface area contributed by atoms with Gasteiger partial charge in [-0.2, -0.15) is 13.2 Å². The van der Waals surface area contributed by atoms with E-state index in [1.807, 2.05) is 6.92 Å². The minimum absolute atomic E-state index is 0. The number of nitrogens with zero attached hydrogens (tertiary/aromatic N) is 2. The molecule has 0 amide bonds. The molecule has 150 valence electrons. The molecule has 2 N–H and O–H groups in total. The lowest BCUT2D eigenvalue weighted by molar-refractivity contribution is -0.143. The van der Waals surface area contributed by atoms with Gasteiger partial charge in [0.1, 0.15) is 0 Å². The van der Waals surface area contributed by atoms with Gasteiger partial charge < -0.3 is 15.4 Å². The summed E-state index contributed by atoms with van der Waals surface area (Å²) in [7, 11) is 0. The van der Waals surface area contributed by atoms with Crippen LogP contribution in [-0.4, -0.2) is 69.0 Å². The third kappa shape index (κ3) is 12.7. The summed E-state index contributed by atoms with van der Waals surface area (Å²) in [6.45, 7) is 8.77. The molecule has 9 heteroatoms. The summed E-state index contributed by atoms with van der Waals surface area (Å²) in [4.78, 5) is 5.85. The molecule has 25 heavy (non-hydrogen) atoms. The highest BCUT2D eigenvalue weighted by molar-refractivity contribution is 14.0. The first-order chi connectivity index (χ1) is 11.3. The molecule has 5 nitrogen and oxygen atoms in total. The smallest absolute Gasteiger partial charge is 0.380 e. The third-order valence-electron chi connectivity index (χ3n) is 3.71. The molecule has 0 bridgehead atoms. The molecule has 1 aliphatic rings. The van der Waals surface area contributed by atoms with Crippen molar-refractivity contribution in [3.8, 4) is 0 Å². The van der Waals surface area contributed by atoms with Crippen LogP contribution in [0, 0.1) is 5.92 Å². The lowest BCUT2D eigenvalue weighted by Gasteiger charge is -2.19. The van der Waals surface area contributed by atoms with Gasteiger partial charge in [-0.15, -0.1) is 24.0 Å². The maximum Gasteiger partial charge on any atom is 0.401 e. The predicted octanol–water partition coefficient (Wildman–Crippen LogP) is 2.86. The summed E-state index contributed by atoms with van der Waals surface area (Å²) in [5.74, 6) is 1.26. The van der Waals surface area contributed by atoms with Crippen molar-refractivity contribution in [3.63, 3.8) is 0 Å². The molecule has 0 aromatic carbocycles. The average Bonchev–Trinajstić information content (AvgIpc) is 2.87. The normalized spacial score (nSPS) is 19.2. The quantitative estimate of drug-likeness (QED) is 0.231. The maximum absolute atomic E-state index is 12.4. The Morgan fingerprint density at radius 1 is 1.32 bits per heavy atom. The molecule has 0 saturated carbocycles. The molecule has 0 radical (unpaired) electrons. The number of aliphatic imine (C=N–C) groups is 1. The van der Waals surface area contributed by atoms with Crippen LogP contribution in [0.25, 0.3) is 0 Å². The van der Waals surface area contributed by atoms with Gasteiger partial charge in [0.25, 0.3) is 0 Å². The van der Waals surface area contributed by atoms with Gasteiger partial charge in [0.05, 0.1) is 19.7 Å². The van der Waals surface area contributed by atoms with Crippen molar-refractivity contribution in [2.24, 2.45) is 10.9 Å². The minimum Gasteiger partial charge on any atom is -0.380 e. The van der Waals surface area contributed by atoms with Crippen LogP contribution in [0.15, 0.2) is 4.99 Å². The van der Waals surface area contributed by atoms with Gasteiger partial charge in [-0.1, -0.05) is 13.8 Å². The number of likely N-dealkylation sites (tertiary alicyclic amines) is 1. The van der Waals surface area contributed by atoms with Crippen molar-refractivity contribution in [2.45, 2.75) is 45.8 Å². The Balaban J connectivity index is 0.00000576. The van der Waals surface area contributed by atoms with Crippen LogP contribution in [0.3, 0.4) is 0 Å². The Morgan fingerprint density at radius 2 is 2.04 bits per heavy atom. The average molecular weight is 480 g/mol. The van der Waals surface area contributed by atoms with Crippen molar-refractivity contribution in [3.05, 3.63) is 0 Å². The number of hydrogen-bond acceptors (Lipinski definition) is 3.